The molecule has 0 aliphatic heterocycles. The summed E-state index contributed by atoms with van der Waals surface area (Å²) in [5.74, 6) is -1.69. The molecule has 1 heterocycles. The Morgan fingerprint density at radius 2 is 1.59 bits per heavy atom. The maximum atomic E-state index is 12.9. The third-order valence-corrected chi connectivity index (χ3v) is 6.26. The molecular formula is C14H19F6N3O3S. The average molecular weight is 423 g/mol. The number of nitrogens with zero attached hydrogens (tertiary/aromatic N) is 2. The zero-order valence-corrected chi connectivity index (χ0v) is 15.2. The first-order valence-corrected chi connectivity index (χ1v) is 9.46. The molecule has 13 heteroatoms. The van der Waals surface area contributed by atoms with Crippen molar-refractivity contribution in [2.24, 2.45) is 13.0 Å². The van der Waals surface area contributed by atoms with Crippen LogP contribution >= 0.6 is 0 Å². The van der Waals surface area contributed by atoms with Gasteiger partial charge in [-0.05, 0) is 32.6 Å². The minimum atomic E-state index is -5.88. The van der Waals surface area contributed by atoms with Crippen LogP contribution in [0.3, 0.4) is 0 Å². The molecule has 1 aromatic rings. The summed E-state index contributed by atoms with van der Waals surface area (Å²) in [6, 6.07) is -0.848. The molecule has 0 spiro atoms. The quantitative estimate of drug-likeness (QED) is 0.729. The van der Waals surface area contributed by atoms with E-state index in [1.165, 1.54) is 10.8 Å². The molecule has 1 aromatic heterocycles. The van der Waals surface area contributed by atoms with Crippen LogP contribution in [0.15, 0.2) is 11.2 Å². The standard InChI is InChI=1S/C14H19F6N3O3S/c1-8-21-11(7-23(8)2)27(25,26)22-10-5-3-9(4-6-10)12(24,13(15,16)17)14(18,19)20/h7,9-10,22,24H,3-6H2,1-2H3. The summed E-state index contributed by atoms with van der Waals surface area (Å²) >= 11 is 0. The number of aryl methyl sites for hydroxylation is 2. The lowest BCUT2D eigenvalue weighted by molar-refractivity contribution is -0.387. The fourth-order valence-corrected chi connectivity index (χ4v) is 4.53. The predicted octanol–water partition coefficient (Wildman–Crippen LogP) is 2.42. The van der Waals surface area contributed by atoms with Gasteiger partial charge in [0.15, 0.2) is 5.03 Å². The monoisotopic (exact) mass is 423 g/mol. The fourth-order valence-electron chi connectivity index (χ4n) is 3.19. The summed E-state index contributed by atoms with van der Waals surface area (Å²) in [6.07, 6.45) is -12.3. The maximum Gasteiger partial charge on any atom is 0.426 e. The van der Waals surface area contributed by atoms with Crippen LogP contribution < -0.4 is 4.72 Å². The van der Waals surface area contributed by atoms with E-state index in [1.807, 2.05) is 0 Å². The van der Waals surface area contributed by atoms with E-state index in [0.29, 0.717) is 5.82 Å². The average Bonchev–Trinajstić information content (AvgIpc) is 2.85. The van der Waals surface area contributed by atoms with Crippen LogP contribution in [0.5, 0.6) is 0 Å². The van der Waals surface area contributed by atoms with Crippen molar-refractivity contribution in [3.63, 3.8) is 0 Å². The molecule has 1 aliphatic rings. The van der Waals surface area contributed by atoms with Gasteiger partial charge in [-0.1, -0.05) is 0 Å². The van der Waals surface area contributed by atoms with Crippen LogP contribution in [0, 0.1) is 12.8 Å². The van der Waals surface area contributed by atoms with E-state index >= 15 is 0 Å². The summed E-state index contributed by atoms with van der Waals surface area (Å²) in [4.78, 5) is 3.84. The van der Waals surface area contributed by atoms with Crippen molar-refractivity contribution in [2.45, 2.75) is 61.6 Å². The molecule has 0 amide bonds. The smallest absolute Gasteiger partial charge is 0.373 e. The van der Waals surface area contributed by atoms with E-state index in [9.17, 15) is 39.9 Å². The topological polar surface area (TPSA) is 84.2 Å². The highest BCUT2D eigenvalue weighted by atomic mass is 32.2. The summed E-state index contributed by atoms with van der Waals surface area (Å²) in [7, 11) is -2.49. The number of rotatable bonds is 4. The molecule has 27 heavy (non-hydrogen) atoms. The number of halogens is 6. The van der Waals surface area contributed by atoms with Crippen LogP contribution in [0.4, 0.5) is 26.3 Å². The second kappa shape index (κ2) is 6.92. The van der Waals surface area contributed by atoms with Crippen LogP contribution in [0.2, 0.25) is 0 Å². The third-order valence-electron chi connectivity index (χ3n) is 4.87. The highest BCUT2D eigenvalue weighted by Gasteiger charge is 2.73. The van der Waals surface area contributed by atoms with E-state index in [4.69, 9.17) is 0 Å². The van der Waals surface area contributed by atoms with Crippen LogP contribution in [-0.2, 0) is 17.1 Å². The zero-order chi connectivity index (χ0) is 20.8. The van der Waals surface area contributed by atoms with Crippen molar-refractivity contribution in [3.05, 3.63) is 12.0 Å². The molecule has 2 rings (SSSR count). The SMILES string of the molecule is Cc1nc(S(=O)(=O)NC2CCC(C(O)(C(F)(F)F)C(F)(F)F)CC2)cn1C. The lowest BCUT2D eigenvalue weighted by Crippen LogP contribution is -2.62. The van der Waals surface area contributed by atoms with Gasteiger partial charge in [0.2, 0.25) is 0 Å². The van der Waals surface area contributed by atoms with E-state index in [2.05, 4.69) is 9.71 Å². The lowest BCUT2D eigenvalue weighted by atomic mass is 9.74. The van der Waals surface area contributed by atoms with Crippen molar-refractivity contribution in [1.82, 2.24) is 14.3 Å². The van der Waals surface area contributed by atoms with Crippen LogP contribution in [0.1, 0.15) is 31.5 Å². The summed E-state index contributed by atoms with van der Waals surface area (Å²) in [5.41, 5.74) is -4.82. The van der Waals surface area contributed by atoms with Gasteiger partial charge in [-0.3, -0.25) is 0 Å². The Morgan fingerprint density at radius 3 is 1.96 bits per heavy atom. The minimum Gasteiger partial charge on any atom is -0.373 e. The van der Waals surface area contributed by atoms with Gasteiger partial charge in [0.25, 0.3) is 15.6 Å². The second-order valence-electron chi connectivity index (χ2n) is 6.67. The number of hydrogen-bond donors (Lipinski definition) is 2. The molecule has 0 bridgehead atoms. The molecule has 0 unspecified atom stereocenters. The molecule has 1 aliphatic carbocycles. The van der Waals surface area contributed by atoms with Gasteiger partial charge >= 0.3 is 12.4 Å². The largest absolute Gasteiger partial charge is 0.426 e. The van der Waals surface area contributed by atoms with E-state index in [1.54, 1.807) is 14.0 Å². The third kappa shape index (κ3) is 4.09. The first-order valence-electron chi connectivity index (χ1n) is 7.97. The molecule has 1 saturated carbocycles. The van der Waals surface area contributed by atoms with Gasteiger partial charge in [0.05, 0.1) is 0 Å². The predicted molar refractivity (Wildman–Crippen MR) is 81.1 cm³/mol. The van der Waals surface area contributed by atoms with E-state index in [0.717, 1.165) is 0 Å². The first kappa shape index (κ1) is 22.0. The van der Waals surface area contributed by atoms with Crippen molar-refractivity contribution in [2.75, 3.05) is 0 Å². The molecule has 2 N–H and O–H groups in total. The molecule has 6 nitrogen and oxygen atoms in total. The number of nitrogens with one attached hydrogen (secondary N) is 1. The molecule has 0 saturated heterocycles. The Balaban J connectivity index is 2.10. The van der Waals surface area contributed by atoms with Crippen LogP contribution in [-0.4, -0.2) is 47.1 Å². The Hall–Kier alpha value is -1.34. The normalized spacial score (nSPS) is 22.9. The summed E-state index contributed by atoms with van der Waals surface area (Å²) in [6.45, 7) is 1.57. The first-order chi connectivity index (χ1) is 12.1. The Morgan fingerprint density at radius 1 is 1.11 bits per heavy atom. The van der Waals surface area contributed by atoms with Crippen LogP contribution in [0.25, 0.3) is 0 Å². The molecule has 0 radical (unpaired) electrons. The van der Waals surface area contributed by atoms with Crippen molar-refractivity contribution in [3.8, 4) is 0 Å². The molecule has 0 aromatic carbocycles. The highest BCUT2D eigenvalue weighted by molar-refractivity contribution is 7.89. The van der Waals surface area contributed by atoms with Gasteiger partial charge in [0.1, 0.15) is 5.82 Å². The van der Waals surface area contributed by atoms with Crippen molar-refractivity contribution < 1.29 is 39.9 Å². The van der Waals surface area contributed by atoms with E-state index in [-0.39, 0.29) is 17.9 Å². The Bertz CT molecular complexity index is 745. The van der Waals surface area contributed by atoms with Gasteiger partial charge < -0.3 is 9.67 Å². The van der Waals surface area contributed by atoms with Crippen molar-refractivity contribution in [1.29, 1.82) is 0 Å². The highest BCUT2D eigenvalue weighted by Crippen LogP contribution is 2.51. The number of imidazole rings is 1. The Labute approximate surface area is 151 Å². The number of aromatic nitrogens is 2. The molecular weight excluding hydrogens is 404 g/mol. The van der Waals surface area contributed by atoms with Gasteiger partial charge in [-0.25, -0.2) is 18.1 Å². The second-order valence-corrected chi connectivity index (χ2v) is 8.33. The molecule has 1 fully saturated rings. The van der Waals surface area contributed by atoms with Gasteiger partial charge in [0, 0.05) is 25.2 Å². The molecule has 156 valence electrons. The fraction of sp³-hybridized carbons (Fsp3) is 0.786. The maximum absolute atomic E-state index is 12.9. The van der Waals surface area contributed by atoms with Gasteiger partial charge in [-0.2, -0.15) is 26.3 Å². The van der Waals surface area contributed by atoms with Crippen molar-refractivity contribution >= 4 is 10.0 Å². The minimum absolute atomic E-state index is 0.274. The number of hydrogen-bond acceptors (Lipinski definition) is 4. The lowest BCUT2D eigenvalue weighted by Gasteiger charge is -2.41. The molecule has 0 atom stereocenters. The zero-order valence-electron chi connectivity index (χ0n) is 14.4. The summed E-state index contributed by atoms with van der Waals surface area (Å²) < 4.78 is 106. The summed E-state index contributed by atoms with van der Waals surface area (Å²) in [5, 5.41) is 9.15. The number of aliphatic hydroxyl groups is 1. The van der Waals surface area contributed by atoms with E-state index < -0.39 is 52.8 Å². The number of sulfonamides is 1. The Kier molecular flexibility index (Phi) is 5.63. The number of alkyl halides is 6. The van der Waals surface area contributed by atoms with Gasteiger partial charge in [-0.15, -0.1) is 0 Å².